The van der Waals surface area contributed by atoms with E-state index in [9.17, 15) is 0 Å². The van der Waals surface area contributed by atoms with Crippen molar-refractivity contribution in [3.8, 4) is 0 Å². The SMILES string of the molecule is CC(C)(C)c1ccc(Cn2nccc2CNC2CC2)cc1. The fraction of sp³-hybridized carbons (Fsp3) is 0.500. The zero-order valence-electron chi connectivity index (χ0n) is 13.3. The molecule has 3 heteroatoms. The number of benzene rings is 1. The molecule has 3 rings (SSSR count). The van der Waals surface area contributed by atoms with Crippen molar-refractivity contribution in [2.45, 2.75) is 58.2 Å². The molecular formula is C18H25N3. The predicted molar refractivity (Wildman–Crippen MR) is 86.3 cm³/mol. The molecule has 21 heavy (non-hydrogen) atoms. The van der Waals surface area contributed by atoms with Gasteiger partial charge in [-0.15, -0.1) is 0 Å². The molecule has 1 aromatic heterocycles. The van der Waals surface area contributed by atoms with Crippen LogP contribution < -0.4 is 5.32 Å². The van der Waals surface area contributed by atoms with Gasteiger partial charge in [-0.2, -0.15) is 5.10 Å². The number of nitrogens with one attached hydrogen (secondary N) is 1. The van der Waals surface area contributed by atoms with Gasteiger partial charge in [0.15, 0.2) is 0 Å². The van der Waals surface area contributed by atoms with Crippen LogP contribution in [0, 0.1) is 0 Å². The van der Waals surface area contributed by atoms with E-state index in [-0.39, 0.29) is 5.41 Å². The summed E-state index contributed by atoms with van der Waals surface area (Å²) in [4.78, 5) is 0. The molecule has 1 fully saturated rings. The average Bonchev–Trinajstić information content (AvgIpc) is 3.17. The first-order valence-corrected chi connectivity index (χ1v) is 7.86. The van der Waals surface area contributed by atoms with E-state index in [1.165, 1.54) is 29.7 Å². The molecule has 1 aromatic carbocycles. The molecule has 0 aliphatic heterocycles. The highest BCUT2D eigenvalue weighted by Crippen LogP contribution is 2.22. The minimum absolute atomic E-state index is 0.212. The summed E-state index contributed by atoms with van der Waals surface area (Å²) < 4.78 is 2.10. The molecule has 0 atom stereocenters. The predicted octanol–water partition coefficient (Wildman–Crippen LogP) is 3.48. The summed E-state index contributed by atoms with van der Waals surface area (Å²) in [6, 6.07) is 11.8. The summed E-state index contributed by atoms with van der Waals surface area (Å²) in [6.45, 7) is 8.51. The Labute approximate surface area is 127 Å². The first kappa shape index (κ1) is 14.3. The van der Waals surface area contributed by atoms with Crippen molar-refractivity contribution in [1.82, 2.24) is 15.1 Å². The second-order valence-corrected chi connectivity index (χ2v) is 7.08. The third-order valence-corrected chi connectivity index (χ3v) is 4.11. The largest absolute Gasteiger partial charge is 0.308 e. The number of hydrogen-bond donors (Lipinski definition) is 1. The van der Waals surface area contributed by atoms with Gasteiger partial charge < -0.3 is 5.32 Å². The first-order chi connectivity index (χ1) is 10.0. The number of nitrogens with zero attached hydrogens (tertiary/aromatic N) is 2. The summed E-state index contributed by atoms with van der Waals surface area (Å²) in [5, 5.41) is 8.01. The summed E-state index contributed by atoms with van der Waals surface area (Å²) >= 11 is 0. The van der Waals surface area contributed by atoms with E-state index in [2.05, 4.69) is 66.2 Å². The summed E-state index contributed by atoms with van der Waals surface area (Å²) in [5.41, 5.74) is 4.16. The lowest BCUT2D eigenvalue weighted by molar-refractivity contribution is 0.585. The lowest BCUT2D eigenvalue weighted by Crippen LogP contribution is -2.19. The number of hydrogen-bond acceptors (Lipinski definition) is 2. The Morgan fingerprint density at radius 1 is 1.14 bits per heavy atom. The third-order valence-electron chi connectivity index (χ3n) is 4.11. The highest BCUT2D eigenvalue weighted by atomic mass is 15.3. The van der Waals surface area contributed by atoms with Gasteiger partial charge in [-0.25, -0.2) is 0 Å². The van der Waals surface area contributed by atoms with Gasteiger partial charge in [-0.1, -0.05) is 45.0 Å². The molecule has 1 saturated carbocycles. The molecular weight excluding hydrogens is 258 g/mol. The zero-order valence-corrected chi connectivity index (χ0v) is 13.3. The molecule has 112 valence electrons. The molecule has 0 unspecified atom stereocenters. The van der Waals surface area contributed by atoms with E-state index in [4.69, 9.17) is 0 Å². The van der Waals surface area contributed by atoms with Crippen molar-refractivity contribution in [3.05, 3.63) is 53.3 Å². The van der Waals surface area contributed by atoms with Crippen molar-refractivity contribution >= 4 is 0 Å². The summed E-state index contributed by atoms with van der Waals surface area (Å²) in [5.74, 6) is 0. The molecule has 1 aliphatic rings. The van der Waals surface area contributed by atoms with Gasteiger partial charge in [0.25, 0.3) is 0 Å². The maximum Gasteiger partial charge on any atom is 0.0663 e. The van der Waals surface area contributed by atoms with Gasteiger partial charge >= 0.3 is 0 Å². The van der Waals surface area contributed by atoms with Gasteiger partial charge in [-0.05, 0) is 35.4 Å². The summed E-state index contributed by atoms with van der Waals surface area (Å²) in [6.07, 6.45) is 4.54. The monoisotopic (exact) mass is 283 g/mol. The second kappa shape index (κ2) is 5.64. The second-order valence-electron chi connectivity index (χ2n) is 7.08. The Morgan fingerprint density at radius 2 is 1.86 bits per heavy atom. The normalized spacial score (nSPS) is 15.4. The van der Waals surface area contributed by atoms with Crippen LogP contribution in [0.1, 0.15) is 50.4 Å². The van der Waals surface area contributed by atoms with Crippen LogP contribution in [0.2, 0.25) is 0 Å². The van der Waals surface area contributed by atoms with E-state index < -0.39 is 0 Å². The van der Waals surface area contributed by atoms with Gasteiger partial charge in [0.2, 0.25) is 0 Å². The van der Waals surface area contributed by atoms with Crippen LogP contribution in [-0.4, -0.2) is 15.8 Å². The standard InChI is InChI=1S/C18H25N3/c1-18(2,3)15-6-4-14(5-7-15)13-21-17(10-11-20-21)12-19-16-8-9-16/h4-7,10-11,16,19H,8-9,12-13H2,1-3H3. The highest BCUT2D eigenvalue weighted by Gasteiger charge is 2.20. The Balaban J connectivity index is 1.67. The smallest absolute Gasteiger partial charge is 0.0663 e. The molecule has 2 aromatic rings. The molecule has 0 spiro atoms. The van der Waals surface area contributed by atoms with Crippen molar-refractivity contribution in [1.29, 1.82) is 0 Å². The Morgan fingerprint density at radius 3 is 2.48 bits per heavy atom. The van der Waals surface area contributed by atoms with E-state index in [0.717, 1.165) is 19.1 Å². The van der Waals surface area contributed by atoms with Crippen molar-refractivity contribution in [2.24, 2.45) is 0 Å². The Kier molecular flexibility index (Phi) is 3.85. The van der Waals surface area contributed by atoms with Gasteiger partial charge in [-0.3, -0.25) is 4.68 Å². The minimum Gasteiger partial charge on any atom is -0.308 e. The molecule has 0 amide bonds. The van der Waals surface area contributed by atoms with Crippen molar-refractivity contribution in [3.63, 3.8) is 0 Å². The topological polar surface area (TPSA) is 29.9 Å². The van der Waals surface area contributed by atoms with Crippen LogP contribution >= 0.6 is 0 Å². The van der Waals surface area contributed by atoms with Crippen LogP contribution in [0.4, 0.5) is 0 Å². The van der Waals surface area contributed by atoms with Crippen LogP contribution in [0.3, 0.4) is 0 Å². The summed E-state index contributed by atoms with van der Waals surface area (Å²) in [7, 11) is 0. The van der Waals surface area contributed by atoms with E-state index in [1.807, 2.05) is 6.20 Å². The van der Waals surface area contributed by atoms with E-state index in [1.54, 1.807) is 0 Å². The zero-order chi connectivity index (χ0) is 14.9. The molecule has 0 saturated heterocycles. The maximum atomic E-state index is 4.46. The van der Waals surface area contributed by atoms with Crippen molar-refractivity contribution < 1.29 is 0 Å². The molecule has 1 aliphatic carbocycles. The van der Waals surface area contributed by atoms with Gasteiger partial charge in [0.05, 0.1) is 12.2 Å². The molecule has 3 nitrogen and oxygen atoms in total. The van der Waals surface area contributed by atoms with Crippen LogP contribution in [0.15, 0.2) is 36.5 Å². The highest BCUT2D eigenvalue weighted by molar-refractivity contribution is 5.27. The van der Waals surface area contributed by atoms with Crippen molar-refractivity contribution in [2.75, 3.05) is 0 Å². The fourth-order valence-corrected chi connectivity index (χ4v) is 2.47. The molecule has 1 heterocycles. The van der Waals surface area contributed by atoms with Gasteiger partial charge in [0.1, 0.15) is 0 Å². The number of aromatic nitrogens is 2. The third kappa shape index (κ3) is 3.73. The minimum atomic E-state index is 0.212. The Bertz CT molecular complexity index is 586. The molecule has 1 N–H and O–H groups in total. The number of rotatable bonds is 5. The molecule has 0 radical (unpaired) electrons. The lowest BCUT2D eigenvalue weighted by Gasteiger charge is -2.19. The maximum absolute atomic E-state index is 4.46. The van der Waals surface area contributed by atoms with Crippen LogP contribution in [0.25, 0.3) is 0 Å². The van der Waals surface area contributed by atoms with E-state index >= 15 is 0 Å². The van der Waals surface area contributed by atoms with Crippen LogP contribution in [0.5, 0.6) is 0 Å². The van der Waals surface area contributed by atoms with Gasteiger partial charge in [0, 0.05) is 18.8 Å². The average molecular weight is 283 g/mol. The van der Waals surface area contributed by atoms with E-state index in [0.29, 0.717) is 0 Å². The lowest BCUT2D eigenvalue weighted by atomic mass is 9.87. The first-order valence-electron chi connectivity index (χ1n) is 7.86. The molecule has 0 bridgehead atoms. The van der Waals surface area contributed by atoms with Crippen LogP contribution in [-0.2, 0) is 18.5 Å². The quantitative estimate of drug-likeness (QED) is 0.910. The fourth-order valence-electron chi connectivity index (χ4n) is 2.47. The Hall–Kier alpha value is -1.61.